The van der Waals surface area contributed by atoms with Crippen LogP contribution in [0.3, 0.4) is 0 Å². The summed E-state index contributed by atoms with van der Waals surface area (Å²) in [5.41, 5.74) is 5.92. The minimum Gasteiger partial charge on any atom is -0.492 e. The minimum absolute atomic E-state index is 0.0429. The van der Waals surface area contributed by atoms with Crippen LogP contribution in [-0.4, -0.2) is 51.7 Å². The van der Waals surface area contributed by atoms with E-state index in [0.29, 0.717) is 48.3 Å². The lowest BCUT2D eigenvalue weighted by molar-refractivity contribution is 0.0703. The van der Waals surface area contributed by atoms with E-state index in [1.807, 2.05) is 32.0 Å². The number of nitrogens with two attached hydrogens (primary N) is 1. The number of ether oxygens (including phenoxy) is 1. The van der Waals surface area contributed by atoms with Crippen molar-refractivity contribution in [2.45, 2.75) is 26.3 Å². The van der Waals surface area contributed by atoms with Crippen molar-refractivity contribution in [3.05, 3.63) is 59.1 Å². The van der Waals surface area contributed by atoms with E-state index in [2.05, 4.69) is 20.4 Å². The third-order valence-corrected chi connectivity index (χ3v) is 4.61. The molecule has 2 aromatic heterocycles. The fourth-order valence-electron chi connectivity index (χ4n) is 2.93. The van der Waals surface area contributed by atoms with Crippen molar-refractivity contribution < 1.29 is 14.1 Å². The van der Waals surface area contributed by atoms with Crippen molar-refractivity contribution in [2.75, 3.05) is 30.7 Å². The van der Waals surface area contributed by atoms with Crippen molar-refractivity contribution in [1.29, 1.82) is 0 Å². The zero-order valence-electron chi connectivity index (χ0n) is 17.4. The predicted octanol–water partition coefficient (Wildman–Crippen LogP) is 3.28. The number of aromatic nitrogens is 3. The Hall–Kier alpha value is -3.33. The van der Waals surface area contributed by atoms with E-state index in [4.69, 9.17) is 26.6 Å². The Labute approximate surface area is 185 Å². The number of halogens is 1. The van der Waals surface area contributed by atoms with Gasteiger partial charge in [-0.25, -0.2) is 4.98 Å². The zero-order chi connectivity index (χ0) is 22.2. The number of nitrogens with one attached hydrogen (secondary N) is 1. The van der Waals surface area contributed by atoms with Gasteiger partial charge in [-0.1, -0.05) is 17.7 Å². The maximum atomic E-state index is 13.1. The highest BCUT2D eigenvalue weighted by molar-refractivity contribution is 6.31. The number of nitrogen functional groups attached to an aromatic ring is 1. The first-order valence-corrected chi connectivity index (χ1v) is 10.3. The summed E-state index contributed by atoms with van der Waals surface area (Å²) in [5.74, 6) is 1.58. The van der Waals surface area contributed by atoms with Crippen LogP contribution in [-0.2, 0) is 6.42 Å². The second-order valence-electron chi connectivity index (χ2n) is 7.05. The average Bonchev–Trinajstić information content (AvgIpc) is 3.16. The third kappa shape index (κ3) is 6.58. The number of carbonyl (C=O) groups is 1. The Morgan fingerprint density at radius 3 is 2.84 bits per heavy atom. The molecule has 0 unspecified atom stereocenters. The van der Waals surface area contributed by atoms with Gasteiger partial charge in [0.05, 0.1) is 6.54 Å². The number of hydrogen-bond donors (Lipinski definition) is 2. The summed E-state index contributed by atoms with van der Waals surface area (Å²) in [5, 5.41) is 7.15. The maximum Gasteiger partial charge on any atom is 0.260 e. The van der Waals surface area contributed by atoms with Gasteiger partial charge in [0.15, 0.2) is 0 Å². The molecule has 0 atom stereocenters. The highest BCUT2D eigenvalue weighted by Crippen LogP contribution is 2.23. The fourth-order valence-corrected chi connectivity index (χ4v) is 3.16. The molecule has 0 aliphatic carbocycles. The van der Waals surface area contributed by atoms with E-state index in [1.165, 1.54) is 0 Å². The van der Waals surface area contributed by atoms with Crippen LogP contribution in [0.15, 0.2) is 47.1 Å². The molecule has 0 fully saturated rings. The molecule has 0 radical (unpaired) electrons. The summed E-state index contributed by atoms with van der Waals surface area (Å²) in [4.78, 5) is 23.0. The van der Waals surface area contributed by atoms with E-state index in [-0.39, 0.29) is 17.9 Å². The quantitative estimate of drug-likeness (QED) is 0.457. The van der Waals surface area contributed by atoms with Crippen molar-refractivity contribution in [3.63, 3.8) is 0 Å². The summed E-state index contributed by atoms with van der Waals surface area (Å²) >= 11 is 6.24. The number of rotatable bonds is 10. The minimum atomic E-state index is -0.165. The second-order valence-corrected chi connectivity index (χ2v) is 7.49. The van der Waals surface area contributed by atoms with Crippen LogP contribution in [0.5, 0.6) is 5.75 Å². The maximum absolute atomic E-state index is 13.1. The van der Waals surface area contributed by atoms with Crippen LogP contribution < -0.4 is 15.8 Å². The molecule has 1 aromatic carbocycles. The lowest BCUT2D eigenvalue weighted by atomic mass is 10.1. The topological polar surface area (TPSA) is 119 Å². The van der Waals surface area contributed by atoms with Gasteiger partial charge in [0.25, 0.3) is 11.9 Å². The molecule has 2 heterocycles. The van der Waals surface area contributed by atoms with Gasteiger partial charge in [0.1, 0.15) is 18.2 Å². The van der Waals surface area contributed by atoms with E-state index in [1.54, 1.807) is 29.3 Å². The van der Waals surface area contributed by atoms with Gasteiger partial charge in [0, 0.05) is 35.8 Å². The molecule has 0 saturated carbocycles. The molecule has 0 saturated heterocycles. The smallest absolute Gasteiger partial charge is 0.260 e. The summed E-state index contributed by atoms with van der Waals surface area (Å²) < 4.78 is 10.8. The molecule has 0 aliphatic heterocycles. The molecule has 1 amide bonds. The van der Waals surface area contributed by atoms with Gasteiger partial charge < -0.3 is 25.2 Å². The van der Waals surface area contributed by atoms with Gasteiger partial charge in [-0.3, -0.25) is 4.79 Å². The number of carbonyl (C=O) groups excluding carboxylic acids is 1. The van der Waals surface area contributed by atoms with Crippen LogP contribution >= 0.6 is 11.6 Å². The normalized spacial score (nSPS) is 10.8. The Balaban J connectivity index is 1.61. The molecule has 164 valence electrons. The van der Waals surface area contributed by atoms with Crippen molar-refractivity contribution >= 4 is 29.3 Å². The number of pyridine rings is 1. The Morgan fingerprint density at radius 1 is 1.32 bits per heavy atom. The Kier molecular flexibility index (Phi) is 7.66. The molecule has 31 heavy (non-hydrogen) atoms. The van der Waals surface area contributed by atoms with Gasteiger partial charge >= 0.3 is 0 Å². The number of hydrogen-bond acceptors (Lipinski definition) is 8. The molecule has 3 N–H and O–H groups in total. The van der Waals surface area contributed by atoms with Crippen LogP contribution in [0, 0.1) is 0 Å². The summed E-state index contributed by atoms with van der Waals surface area (Å²) in [6.07, 6.45) is 2.11. The molecule has 3 aromatic rings. The van der Waals surface area contributed by atoms with Gasteiger partial charge in [-0.15, -0.1) is 0 Å². The van der Waals surface area contributed by atoms with Crippen LogP contribution in [0.1, 0.15) is 30.1 Å². The third-order valence-electron chi connectivity index (χ3n) is 4.39. The molecular weight excluding hydrogens is 420 g/mol. The number of amides is 1. The SMILES string of the molecule is CC(C)N(CCc1nc(N)no1)C(=O)c1cc(Cl)cc(OCCNc2ccccn2)c1. The molecular formula is C21H25ClN6O3. The average molecular weight is 445 g/mol. The highest BCUT2D eigenvalue weighted by Gasteiger charge is 2.21. The van der Waals surface area contributed by atoms with Crippen molar-refractivity contribution in [3.8, 4) is 5.75 Å². The second kappa shape index (κ2) is 10.6. The van der Waals surface area contributed by atoms with E-state index < -0.39 is 0 Å². The van der Waals surface area contributed by atoms with E-state index in [0.717, 1.165) is 5.82 Å². The lowest BCUT2D eigenvalue weighted by Crippen LogP contribution is -2.38. The Bertz CT molecular complexity index is 996. The van der Waals surface area contributed by atoms with E-state index in [9.17, 15) is 4.79 Å². The highest BCUT2D eigenvalue weighted by atomic mass is 35.5. The molecule has 0 aliphatic rings. The first kappa shape index (κ1) is 22.4. The van der Waals surface area contributed by atoms with Gasteiger partial charge in [0.2, 0.25) is 5.89 Å². The standard InChI is InChI=1S/C21H25ClN6O3/c1-14(2)28(9-6-19-26-21(23)27-31-19)20(29)15-11-16(22)13-17(12-15)30-10-8-25-18-5-3-4-7-24-18/h3-5,7,11-14H,6,8-10H2,1-2H3,(H2,23,27)(H,24,25). The monoisotopic (exact) mass is 444 g/mol. The van der Waals surface area contributed by atoms with Crippen LogP contribution in [0.25, 0.3) is 0 Å². The fraction of sp³-hybridized carbons (Fsp3) is 0.333. The summed E-state index contributed by atoms with van der Waals surface area (Å²) in [6.45, 7) is 5.21. The van der Waals surface area contributed by atoms with Crippen LogP contribution in [0.2, 0.25) is 5.02 Å². The molecule has 9 nitrogen and oxygen atoms in total. The summed E-state index contributed by atoms with van der Waals surface area (Å²) in [7, 11) is 0. The van der Waals surface area contributed by atoms with E-state index >= 15 is 0 Å². The van der Waals surface area contributed by atoms with Crippen molar-refractivity contribution in [2.24, 2.45) is 0 Å². The Morgan fingerprint density at radius 2 is 2.16 bits per heavy atom. The zero-order valence-corrected chi connectivity index (χ0v) is 18.2. The number of nitrogens with zero attached hydrogens (tertiary/aromatic N) is 4. The first-order valence-electron chi connectivity index (χ1n) is 9.89. The van der Waals surface area contributed by atoms with Gasteiger partial charge in [-0.2, -0.15) is 4.98 Å². The molecule has 0 spiro atoms. The number of benzene rings is 1. The van der Waals surface area contributed by atoms with Gasteiger partial charge in [-0.05, 0) is 49.3 Å². The first-order chi connectivity index (χ1) is 14.9. The molecule has 3 rings (SSSR count). The number of anilines is 2. The summed E-state index contributed by atoms with van der Waals surface area (Å²) in [6, 6.07) is 10.6. The van der Waals surface area contributed by atoms with Crippen LogP contribution in [0.4, 0.5) is 11.8 Å². The van der Waals surface area contributed by atoms with Crippen molar-refractivity contribution in [1.82, 2.24) is 20.0 Å². The molecule has 0 bridgehead atoms. The lowest BCUT2D eigenvalue weighted by Gasteiger charge is -2.26. The predicted molar refractivity (Wildman–Crippen MR) is 118 cm³/mol. The molecule has 10 heteroatoms. The largest absolute Gasteiger partial charge is 0.492 e.